The average Bonchev–Trinajstić information content (AvgIpc) is 3.14. The number of esters is 1. The van der Waals surface area contributed by atoms with Crippen molar-refractivity contribution < 1.29 is 18.9 Å². The maximum Gasteiger partial charge on any atom is 0.364 e. The van der Waals surface area contributed by atoms with Crippen molar-refractivity contribution in [3.8, 4) is 11.1 Å². The highest BCUT2D eigenvalue weighted by Gasteiger charge is 2.32. The zero-order chi connectivity index (χ0) is 21.2. The van der Waals surface area contributed by atoms with Gasteiger partial charge in [0, 0.05) is 16.7 Å². The standard InChI is InChI=1S/C26H19N2O3/c29-24(18-8-2-1-3-9-18)17-28-15-14-27-23(16-28)26(30)31-25-21-12-6-4-10-19(21)20-11-5-7-13-22(20)25/h1-16,25H,17H2/q+1. The van der Waals surface area contributed by atoms with Crippen molar-refractivity contribution in [3.63, 3.8) is 0 Å². The minimum Gasteiger partial charge on any atom is -0.448 e. The summed E-state index contributed by atoms with van der Waals surface area (Å²) >= 11 is 0. The number of ether oxygens (including phenoxy) is 1. The molecule has 31 heavy (non-hydrogen) atoms. The number of hydrogen-bond acceptors (Lipinski definition) is 4. The third-order valence-corrected chi connectivity index (χ3v) is 5.39. The Morgan fingerprint density at radius 3 is 2.13 bits per heavy atom. The van der Waals surface area contributed by atoms with Crippen molar-refractivity contribution in [1.29, 1.82) is 0 Å². The third kappa shape index (κ3) is 3.62. The van der Waals surface area contributed by atoms with Crippen LogP contribution in [-0.2, 0) is 11.3 Å². The molecule has 0 amide bonds. The van der Waals surface area contributed by atoms with E-state index in [1.165, 1.54) is 6.20 Å². The van der Waals surface area contributed by atoms with Gasteiger partial charge in [0.2, 0.25) is 24.2 Å². The van der Waals surface area contributed by atoms with Crippen molar-refractivity contribution in [3.05, 3.63) is 120 Å². The summed E-state index contributed by atoms with van der Waals surface area (Å²) < 4.78 is 7.54. The number of ketones is 1. The van der Waals surface area contributed by atoms with E-state index in [0.717, 1.165) is 22.3 Å². The van der Waals surface area contributed by atoms with Crippen LogP contribution in [0.5, 0.6) is 0 Å². The van der Waals surface area contributed by atoms with Gasteiger partial charge in [-0.25, -0.2) is 9.78 Å². The summed E-state index contributed by atoms with van der Waals surface area (Å²) in [5.41, 5.74) is 4.83. The van der Waals surface area contributed by atoms with E-state index in [9.17, 15) is 9.59 Å². The lowest BCUT2D eigenvalue weighted by molar-refractivity contribution is -0.683. The monoisotopic (exact) mass is 407 g/mol. The first-order chi connectivity index (χ1) is 15.2. The van der Waals surface area contributed by atoms with Gasteiger partial charge < -0.3 is 4.74 Å². The minimum atomic E-state index is -0.530. The molecule has 0 saturated heterocycles. The van der Waals surface area contributed by atoms with E-state index in [1.54, 1.807) is 29.1 Å². The molecule has 0 saturated carbocycles. The fourth-order valence-corrected chi connectivity index (χ4v) is 3.92. The van der Waals surface area contributed by atoms with Crippen molar-refractivity contribution in [2.24, 2.45) is 0 Å². The number of nitrogens with zero attached hydrogens (tertiary/aromatic N) is 2. The average molecular weight is 407 g/mol. The zero-order valence-corrected chi connectivity index (χ0v) is 16.6. The summed E-state index contributed by atoms with van der Waals surface area (Å²) in [6, 6.07) is 24.9. The molecule has 5 rings (SSSR count). The van der Waals surface area contributed by atoms with E-state index >= 15 is 0 Å². The summed E-state index contributed by atoms with van der Waals surface area (Å²) in [6.07, 6.45) is 4.24. The number of carbonyl (C=O) groups excluding carboxylic acids is 2. The smallest absolute Gasteiger partial charge is 0.364 e. The van der Waals surface area contributed by atoms with Crippen LogP contribution >= 0.6 is 0 Å². The largest absolute Gasteiger partial charge is 0.448 e. The summed E-state index contributed by atoms with van der Waals surface area (Å²) in [5.74, 6) is -0.576. The van der Waals surface area contributed by atoms with Gasteiger partial charge >= 0.3 is 5.97 Å². The van der Waals surface area contributed by atoms with Gasteiger partial charge in [0.1, 0.15) is 0 Å². The van der Waals surface area contributed by atoms with E-state index in [-0.39, 0.29) is 18.0 Å². The lowest BCUT2D eigenvalue weighted by Gasteiger charge is -2.14. The van der Waals surface area contributed by atoms with Crippen molar-refractivity contribution in [2.45, 2.75) is 12.6 Å². The van der Waals surface area contributed by atoms with Crippen LogP contribution in [0.3, 0.4) is 0 Å². The minimum absolute atomic E-state index is 0.0465. The maximum absolute atomic E-state index is 12.9. The van der Waals surface area contributed by atoms with Crippen LogP contribution < -0.4 is 4.57 Å². The summed E-state index contributed by atoms with van der Waals surface area (Å²) in [5, 5.41) is 0. The summed E-state index contributed by atoms with van der Waals surface area (Å²) in [6.45, 7) is 0.113. The number of rotatable bonds is 5. The molecule has 4 aromatic rings. The van der Waals surface area contributed by atoms with Gasteiger partial charge in [-0.2, -0.15) is 4.57 Å². The third-order valence-electron chi connectivity index (χ3n) is 5.39. The number of hydrogen-bond donors (Lipinski definition) is 0. The van der Waals surface area contributed by atoms with Gasteiger partial charge in [-0.15, -0.1) is 0 Å². The Balaban J connectivity index is 1.38. The Hall–Kier alpha value is -4.12. The van der Waals surface area contributed by atoms with Gasteiger partial charge in [-0.05, 0) is 11.1 Å². The van der Waals surface area contributed by atoms with Gasteiger partial charge in [0.25, 0.3) is 0 Å². The van der Waals surface area contributed by atoms with Crippen LogP contribution in [-0.4, -0.2) is 16.7 Å². The lowest BCUT2D eigenvalue weighted by atomic mass is 10.1. The molecule has 1 aromatic heterocycles. The molecule has 1 heterocycles. The lowest BCUT2D eigenvalue weighted by Crippen LogP contribution is -2.38. The van der Waals surface area contributed by atoms with E-state index < -0.39 is 12.1 Å². The molecule has 0 N–H and O–H groups in total. The first kappa shape index (κ1) is 18.9. The second-order valence-corrected chi connectivity index (χ2v) is 7.36. The quantitative estimate of drug-likeness (QED) is 0.283. The fourth-order valence-electron chi connectivity index (χ4n) is 3.92. The topological polar surface area (TPSA) is 60.1 Å². The van der Waals surface area contributed by atoms with E-state index in [1.807, 2.05) is 66.7 Å². The van der Waals surface area contributed by atoms with Crippen LogP contribution in [0.1, 0.15) is 38.1 Å². The molecule has 0 atom stereocenters. The molecule has 1 aliphatic carbocycles. The van der Waals surface area contributed by atoms with Gasteiger partial charge in [0.05, 0.1) is 6.20 Å². The Morgan fingerprint density at radius 1 is 0.839 bits per heavy atom. The van der Waals surface area contributed by atoms with Crippen molar-refractivity contribution >= 4 is 11.8 Å². The Kier molecular flexibility index (Phi) is 4.84. The maximum atomic E-state index is 12.9. The molecule has 0 fully saturated rings. The molecule has 0 aliphatic heterocycles. The number of fused-ring (bicyclic) bond motifs is 3. The van der Waals surface area contributed by atoms with Crippen LogP contribution in [0.4, 0.5) is 0 Å². The SMILES string of the molecule is O=C(C[n+]1ccnc(C(=O)OC2c3ccccc3-c3ccccc32)c1)c1ccccc1. The molecular formula is C26H19N2O3+. The second-order valence-electron chi connectivity index (χ2n) is 7.36. The molecule has 0 unspecified atom stereocenters. The fraction of sp³-hybridized carbons (Fsp3) is 0.0769. The highest BCUT2D eigenvalue weighted by Crippen LogP contribution is 2.45. The van der Waals surface area contributed by atoms with Crippen molar-refractivity contribution in [2.75, 3.05) is 0 Å². The van der Waals surface area contributed by atoms with Gasteiger partial charge in [-0.1, -0.05) is 78.9 Å². The molecule has 0 radical (unpaired) electrons. The van der Waals surface area contributed by atoms with E-state index in [0.29, 0.717) is 5.56 Å². The van der Waals surface area contributed by atoms with Gasteiger partial charge in [-0.3, -0.25) is 4.79 Å². The number of Topliss-reactive ketones (excluding diaryl/α,β-unsaturated/α-hetero) is 1. The van der Waals surface area contributed by atoms with Crippen LogP contribution in [0.15, 0.2) is 97.5 Å². The summed E-state index contributed by atoms with van der Waals surface area (Å²) in [4.78, 5) is 29.6. The van der Waals surface area contributed by atoms with Crippen molar-refractivity contribution in [1.82, 2.24) is 4.98 Å². The predicted octanol–water partition coefficient (Wildman–Crippen LogP) is 4.18. The Bertz CT molecular complexity index is 1240. The normalized spacial score (nSPS) is 12.1. The Labute approximate surface area is 179 Å². The van der Waals surface area contributed by atoms with Crippen LogP contribution in [0, 0.1) is 0 Å². The number of aromatic nitrogens is 2. The zero-order valence-electron chi connectivity index (χ0n) is 16.6. The molecular weight excluding hydrogens is 388 g/mol. The molecule has 1 aliphatic rings. The number of benzene rings is 3. The molecule has 150 valence electrons. The first-order valence-corrected chi connectivity index (χ1v) is 10.0. The van der Waals surface area contributed by atoms with E-state index in [4.69, 9.17) is 4.74 Å². The van der Waals surface area contributed by atoms with E-state index in [2.05, 4.69) is 4.98 Å². The van der Waals surface area contributed by atoms with Gasteiger partial charge in [0.15, 0.2) is 12.3 Å². The predicted molar refractivity (Wildman–Crippen MR) is 114 cm³/mol. The first-order valence-electron chi connectivity index (χ1n) is 10.0. The molecule has 0 bridgehead atoms. The molecule has 0 spiro atoms. The molecule has 3 aromatic carbocycles. The highest BCUT2D eigenvalue weighted by molar-refractivity contribution is 5.95. The highest BCUT2D eigenvalue weighted by atomic mass is 16.5. The number of carbonyl (C=O) groups is 2. The van der Waals surface area contributed by atoms with Crippen LogP contribution in [0.25, 0.3) is 11.1 Å². The molecule has 5 nitrogen and oxygen atoms in total. The Morgan fingerprint density at radius 2 is 1.45 bits per heavy atom. The summed E-state index contributed by atoms with van der Waals surface area (Å²) in [7, 11) is 0. The molecule has 5 heteroatoms. The van der Waals surface area contributed by atoms with Crippen LogP contribution in [0.2, 0.25) is 0 Å². The second kappa shape index (κ2) is 7.95.